The van der Waals surface area contributed by atoms with Crippen molar-refractivity contribution in [2.75, 3.05) is 17.4 Å². The van der Waals surface area contributed by atoms with Crippen molar-refractivity contribution in [2.45, 2.75) is 43.9 Å². The Bertz CT molecular complexity index is 1720. The highest BCUT2D eigenvalue weighted by Gasteiger charge is 2.36. The Balaban J connectivity index is 1.84. The highest BCUT2D eigenvalue weighted by atomic mass is 32.2. The normalized spacial score (nSPS) is 12.3. The van der Waals surface area contributed by atoms with Gasteiger partial charge in [-0.3, -0.25) is 13.9 Å². The minimum absolute atomic E-state index is 0.0397. The second kappa shape index (κ2) is 14.4. The lowest BCUT2D eigenvalue weighted by molar-refractivity contribution is -0.140. The first-order chi connectivity index (χ1) is 21.4. The number of carbonyl (C=O) groups is 2. The summed E-state index contributed by atoms with van der Waals surface area (Å²) in [5.41, 5.74) is 0.932. The maximum Gasteiger partial charge on any atom is 0.416 e. The summed E-state index contributed by atoms with van der Waals surface area (Å²) in [5, 5.41) is 2.78. The Morgan fingerprint density at radius 3 is 2.09 bits per heavy atom. The Morgan fingerprint density at radius 1 is 0.844 bits per heavy atom. The number of hydrogen-bond acceptors (Lipinski definition) is 4. The van der Waals surface area contributed by atoms with Crippen molar-refractivity contribution in [1.29, 1.82) is 0 Å². The van der Waals surface area contributed by atoms with Gasteiger partial charge in [0.2, 0.25) is 11.8 Å². The predicted molar refractivity (Wildman–Crippen MR) is 167 cm³/mol. The van der Waals surface area contributed by atoms with Crippen molar-refractivity contribution in [1.82, 2.24) is 10.2 Å². The smallest absolute Gasteiger partial charge is 0.355 e. The van der Waals surface area contributed by atoms with Crippen LogP contribution in [0.1, 0.15) is 29.2 Å². The average Bonchev–Trinajstić information content (AvgIpc) is 3.03. The van der Waals surface area contributed by atoms with E-state index in [1.54, 1.807) is 37.3 Å². The number of aryl methyl sites for hydroxylation is 1. The quantitative estimate of drug-likeness (QED) is 0.207. The van der Waals surface area contributed by atoms with Gasteiger partial charge in [0.15, 0.2) is 0 Å². The summed E-state index contributed by atoms with van der Waals surface area (Å²) in [4.78, 5) is 29.0. The molecule has 11 heteroatoms. The number of benzene rings is 4. The fourth-order valence-corrected chi connectivity index (χ4v) is 6.33. The van der Waals surface area contributed by atoms with Crippen LogP contribution in [-0.2, 0) is 38.8 Å². The number of hydrogen-bond donors (Lipinski definition) is 1. The van der Waals surface area contributed by atoms with Crippen LogP contribution in [0.15, 0.2) is 114 Å². The van der Waals surface area contributed by atoms with Crippen molar-refractivity contribution >= 4 is 27.5 Å². The van der Waals surface area contributed by atoms with E-state index in [9.17, 15) is 31.2 Å². The number of carbonyl (C=O) groups excluding carboxylic acids is 2. The van der Waals surface area contributed by atoms with E-state index in [0.29, 0.717) is 10.4 Å². The molecule has 4 aromatic carbocycles. The number of sulfonamides is 1. The van der Waals surface area contributed by atoms with Gasteiger partial charge in [0.05, 0.1) is 16.1 Å². The van der Waals surface area contributed by atoms with Gasteiger partial charge in [0, 0.05) is 19.5 Å². The SMILES string of the molecule is CCNC(=O)[C@H](Cc1ccccc1)N(Cc1ccccc1C)C(=O)CN(c1cccc(C(F)(F)F)c1)S(=O)(=O)c1ccccc1. The number of rotatable bonds is 12. The summed E-state index contributed by atoms with van der Waals surface area (Å²) < 4.78 is 69.7. The predicted octanol–water partition coefficient (Wildman–Crippen LogP) is 5.99. The Kier molecular flexibility index (Phi) is 10.7. The van der Waals surface area contributed by atoms with E-state index >= 15 is 0 Å². The average molecular weight is 638 g/mol. The van der Waals surface area contributed by atoms with Crippen molar-refractivity contribution in [3.05, 3.63) is 131 Å². The third-order valence-corrected chi connectivity index (χ3v) is 9.08. The molecule has 0 radical (unpaired) electrons. The molecule has 0 saturated carbocycles. The second-order valence-corrected chi connectivity index (χ2v) is 12.3. The summed E-state index contributed by atoms with van der Waals surface area (Å²) >= 11 is 0. The van der Waals surface area contributed by atoms with Gasteiger partial charge >= 0.3 is 6.18 Å². The fraction of sp³-hybridized carbons (Fsp3) is 0.235. The van der Waals surface area contributed by atoms with Crippen molar-refractivity contribution in [2.24, 2.45) is 0 Å². The molecule has 0 aliphatic heterocycles. The van der Waals surface area contributed by atoms with Crippen LogP contribution in [0, 0.1) is 6.92 Å². The molecule has 0 spiro atoms. The van der Waals surface area contributed by atoms with Crippen LogP contribution in [0.3, 0.4) is 0 Å². The van der Waals surface area contributed by atoms with Gasteiger partial charge in [0.1, 0.15) is 12.6 Å². The van der Waals surface area contributed by atoms with Crippen LogP contribution < -0.4 is 9.62 Å². The van der Waals surface area contributed by atoms with E-state index in [1.165, 1.54) is 35.2 Å². The molecule has 4 aromatic rings. The van der Waals surface area contributed by atoms with Crippen LogP contribution in [0.5, 0.6) is 0 Å². The first kappa shape index (κ1) is 33.3. The molecule has 0 aromatic heterocycles. The van der Waals surface area contributed by atoms with Gasteiger partial charge < -0.3 is 10.2 Å². The van der Waals surface area contributed by atoms with E-state index in [4.69, 9.17) is 0 Å². The molecule has 0 aliphatic carbocycles. The molecule has 0 bridgehead atoms. The Labute approximate surface area is 261 Å². The molecule has 2 amide bonds. The summed E-state index contributed by atoms with van der Waals surface area (Å²) in [6.45, 7) is 2.99. The summed E-state index contributed by atoms with van der Waals surface area (Å²) in [5.74, 6) is -1.21. The van der Waals surface area contributed by atoms with E-state index in [1.807, 2.05) is 37.3 Å². The van der Waals surface area contributed by atoms with Gasteiger partial charge in [-0.2, -0.15) is 13.2 Å². The van der Waals surface area contributed by atoms with E-state index in [0.717, 1.165) is 28.8 Å². The number of amides is 2. The van der Waals surface area contributed by atoms with E-state index < -0.39 is 46.2 Å². The molecule has 45 heavy (non-hydrogen) atoms. The zero-order valence-corrected chi connectivity index (χ0v) is 25.7. The van der Waals surface area contributed by atoms with E-state index in [-0.39, 0.29) is 30.1 Å². The van der Waals surface area contributed by atoms with Crippen molar-refractivity contribution in [3.8, 4) is 0 Å². The highest BCUT2D eigenvalue weighted by Crippen LogP contribution is 2.33. The zero-order valence-electron chi connectivity index (χ0n) is 24.9. The van der Waals surface area contributed by atoms with E-state index in [2.05, 4.69) is 5.32 Å². The maximum absolute atomic E-state index is 14.4. The molecule has 0 saturated heterocycles. The first-order valence-electron chi connectivity index (χ1n) is 14.3. The number of anilines is 1. The molecule has 236 valence electrons. The lowest BCUT2D eigenvalue weighted by Gasteiger charge is -2.34. The molecule has 0 fully saturated rings. The third kappa shape index (κ3) is 8.30. The molecular weight excluding hydrogens is 603 g/mol. The van der Waals surface area contributed by atoms with Crippen LogP contribution in [0.2, 0.25) is 0 Å². The molecule has 0 unspecified atom stereocenters. The Hall–Kier alpha value is -4.64. The van der Waals surface area contributed by atoms with Crippen LogP contribution in [-0.4, -0.2) is 44.3 Å². The van der Waals surface area contributed by atoms with Gasteiger partial charge in [-0.15, -0.1) is 0 Å². The van der Waals surface area contributed by atoms with Crippen LogP contribution in [0.25, 0.3) is 0 Å². The molecular formula is C34H34F3N3O4S. The van der Waals surface area contributed by atoms with Crippen molar-refractivity contribution in [3.63, 3.8) is 0 Å². The maximum atomic E-state index is 14.4. The largest absolute Gasteiger partial charge is 0.416 e. The molecule has 7 nitrogen and oxygen atoms in total. The van der Waals surface area contributed by atoms with Gasteiger partial charge in [-0.05, 0) is 60.9 Å². The highest BCUT2D eigenvalue weighted by molar-refractivity contribution is 7.92. The van der Waals surface area contributed by atoms with Crippen LogP contribution in [0.4, 0.5) is 18.9 Å². The molecule has 0 aliphatic rings. The molecule has 1 N–H and O–H groups in total. The number of alkyl halides is 3. The first-order valence-corrected chi connectivity index (χ1v) is 15.8. The fourth-order valence-electron chi connectivity index (χ4n) is 4.90. The van der Waals surface area contributed by atoms with Gasteiger partial charge in [0.25, 0.3) is 10.0 Å². The number of nitrogens with one attached hydrogen (secondary N) is 1. The lowest BCUT2D eigenvalue weighted by Crippen LogP contribution is -2.53. The van der Waals surface area contributed by atoms with Gasteiger partial charge in [-0.1, -0.05) is 78.9 Å². The summed E-state index contributed by atoms with van der Waals surface area (Å²) in [6.07, 6.45) is -4.63. The molecule has 4 rings (SSSR count). The summed E-state index contributed by atoms with van der Waals surface area (Å²) in [7, 11) is -4.52. The van der Waals surface area contributed by atoms with Gasteiger partial charge in [-0.25, -0.2) is 8.42 Å². The Morgan fingerprint density at radius 2 is 1.47 bits per heavy atom. The number of nitrogens with zero attached hydrogens (tertiary/aromatic N) is 2. The monoisotopic (exact) mass is 637 g/mol. The molecule has 1 atom stereocenters. The second-order valence-electron chi connectivity index (χ2n) is 10.4. The summed E-state index contributed by atoms with van der Waals surface area (Å²) in [6, 6.07) is 26.3. The topological polar surface area (TPSA) is 86.8 Å². The van der Waals surface area contributed by atoms with Crippen LogP contribution >= 0.6 is 0 Å². The number of halogens is 3. The minimum atomic E-state index is -4.75. The zero-order chi connectivity index (χ0) is 32.6. The standard InChI is InChI=1S/C34H34F3N3O4S/c1-3-38-33(42)31(21-26-14-6-4-7-15-26)39(23-27-16-11-10-13-25(27)2)32(41)24-40(45(43,44)30-19-8-5-9-20-30)29-18-12-17-28(22-29)34(35,36)37/h4-20,22,31H,3,21,23-24H2,1-2H3,(H,38,42)/t31-/m0/s1. The molecule has 0 heterocycles. The minimum Gasteiger partial charge on any atom is -0.355 e. The van der Waals surface area contributed by atoms with Crippen molar-refractivity contribution < 1.29 is 31.2 Å². The lowest BCUT2D eigenvalue weighted by atomic mass is 10.0. The number of likely N-dealkylation sites (N-methyl/N-ethyl adjacent to an activating group) is 1. The third-order valence-electron chi connectivity index (χ3n) is 7.30.